The van der Waals surface area contributed by atoms with Gasteiger partial charge >= 0.3 is 0 Å². The van der Waals surface area contributed by atoms with E-state index in [1.165, 1.54) is 5.56 Å². The van der Waals surface area contributed by atoms with Crippen LogP contribution >= 0.6 is 0 Å². The number of ether oxygens (including phenoxy) is 1. The van der Waals surface area contributed by atoms with E-state index in [1.54, 1.807) is 0 Å². The van der Waals surface area contributed by atoms with Crippen LogP contribution in [0, 0.1) is 0 Å². The number of benzene rings is 1. The molecule has 14 heavy (non-hydrogen) atoms. The number of rotatable bonds is 3. The summed E-state index contributed by atoms with van der Waals surface area (Å²) in [5.74, 6) is 0.788. The number of nitrogens with zero attached hydrogens (tertiary/aromatic N) is 1. The van der Waals surface area contributed by atoms with Gasteiger partial charge in [-0.3, -0.25) is 0 Å². The molecule has 0 unspecified atom stereocenters. The van der Waals surface area contributed by atoms with Crippen molar-refractivity contribution in [1.82, 2.24) is 5.32 Å². The molecule has 1 aromatic rings. The molecule has 0 amide bonds. The Bertz CT molecular complexity index is 347. The zero-order valence-corrected chi connectivity index (χ0v) is 8.29. The SMILES string of the molecule is CNCc1ccccc1C1=NCCO1. The average Bonchev–Trinajstić information content (AvgIpc) is 2.72. The zero-order chi connectivity index (χ0) is 9.80. The lowest BCUT2D eigenvalue weighted by molar-refractivity contribution is 0.348. The third kappa shape index (κ3) is 1.77. The van der Waals surface area contributed by atoms with Gasteiger partial charge in [0.05, 0.1) is 6.54 Å². The first-order valence-electron chi connectivity index (χ1n) is 4.82. The molecule has 74 valence electrons. The van der Waals surface area contributed by atoms with E-state index in [1.807, 2.05) is 19.2 Å². The van der Waals surface area contributed by atoms with Crippen molar-refractivity contribution in [2.24, 2.45) is 4.99 Å². The van der Waals surface area contributed by atoms with Crippen molar-refractivity contribution in [3.05, 3.63) is 35.4 Å². The topological polar surface area (TPSA) is 33.6 Å². The van der Waals surface area contributed by atoms with Crippen LogP contribution in [0.2, 0.25) is 0 Å². The smallest absolute Gasteiger partial charge is 0.216 e. The van der Waals surface area contributed by atoms with E-state index in [2.05, 4.69) is 22.4 Å². The van der Waals surface area contributed by atoms with Gasteiger partial charge in [-0.15, -0.1) is 0 Å². The molecule has 3 nitrogen and oxygen atoms in total. The molecule has 1 aromatic carbocycles. The molecule has 1 aliphatic rings. The van der Waals surface area contributed by atoms with E-state index in [0.717, 1.165) is 24.6 Å². The first-order chi connectivity index (χ1) is 6.92. The highest BCUT2D eigenvalue weighted by Crippen LogP contribution is 2.13. The standard InChI is InChI=1S/C11H14N2O/c1-12-8-9-4-2-3-5-10(9)11-13-6-7-14-11/h2-5,12H,6-8H2,1H3. The summed E-state index contributed by atoms with van der Waals surface area (Å²) in [6, 6.07) is 8.19. The number of aliphatic imine (C=N–C) groups is 1. The van der Waals surface area contributed by atoms with Crippen LogP contribution in [0.1, 0.15) is 11.1 Å². The molecule has 0 aliphatic carbocycles. The normalized spacial score (nSPS) is 15.1. The Hall–Kier alpha value is -1.35. The van der Waals surface area contributed by atoms with E-state index in [9.17, 15) is 0 Å². The van der Waals surface area contributed by atoms with Crippen molar-refractivity contribution in [3.63, 3.8) is 0 Å². The molecule has 0 fully saturated rings. The lowest BCUT2D eigenvalue weighted by Gasteiger charge is -2.08. The molecule has 0 aromatic heterocycles. The van der Waals surface area contributed by atoms with Crippen LogP contribution in [-0.4, -0.2) is 26.1 Å². The highest BCUT2D eigenvalue weighted by atomic mass is 16.5. The Morgan fingerprint density at radius 1 is 1.43 bits per heavy atom. The Kier molecular flexibility index (Phi) is 2.79. The summed E-state index contributed by atoms with van der Waals surface area (Å²) in [6.07, 6.45) is 0. The number of hydrogen-bond donors (Lipinski definition) is 1. The lowest BCUT2D eigenvalue weighted by atomic mass is 10.1. The molecular weight excluding hydrogens is 176 g/mol. The predicted octanol–water partition coefficient (Wildman–Crippen LogP) is 1.18. The quantitative estimate of drug-likeness (QED) is 0.776. The maximum Gasteiger partial charge on any atom is 0.216 e. The second kappa shape index (κ2) is 4.24. The molecule has 0 atom stereocenters. The number of nitrogens with one attached hydrogen (secondary N) is 1. The molecule has 0 radical (unpaired) electrons. The van der Waals surface area contributed by atoms with Crippen LogP contribution in [0.4, 0.5) is 0 Å². The van der Waals surface area contributed by atoms with E-state index >= 15 is 0 Å². The van der Waals surface area contributed by atoms with Gasteiger partial charge in [-0.05, 0) is 18.7 Å². The fourth-order valence-corrected chi connectivity index (χ4v) is 1.57. The zero-order valence-electron chi connectivity index (χ0n) is 8.29. The molecular formula is C11H14N2O. The van der Waals surface area contributed by atoms with Crippen LogP contribution in [0.3, 0.4) is 0 Å². The van der Waals surface area contributed by atoms with Crippen molar-refractivity contribution < 1.29 is 4.74 Å². The monoisotopic (exact) mass is 190 g/mol. The van der Waals surface area contributed by atoms with Gasteiger partial charge in [0, 0.05) is 12.1 Å². The van der Waals surface area contributed by atoms with Gasteiger partial charge in [-0.25, -0.2) is 4.99 Å². The van der Waals surface area contributed by atoms with Gasteiger partial charge in [-0.2, -0.15) is 0 Å². The lowest BCUT2D eigenvalue weighted by Crippen LogP contribution is -2.11. The molecule has 1 aliphatic heterocycles. The van der Waals surface area contributed by atoms with Gasteiger partial charge in [0.1, 0.15) is 6.61 Å². The fourth-order valence-electron chi connectivity index (χ4n) is 1.57. The maximum absolute atomic E-state index is 5.45. The van der Waals surface area contributed by atoms with E-state index in [-0.39, 0.29) is 0 Å². The summed E-state index contributed by atoms with van der Waals surface area (Å²) >= 11 is 0. The van der Waals surface area contributed by atoms with Crippen LogP contribution in [0.15, 0.2) is 29.3 Å². The third-order valence-corrected chi connectivity index (χ3v) is 2.20. The number of hydrogen-bond acceptors (Lipinski definition) is 3. The van der Waals surface area contributed by atoms with Crippen molar-refractivity contribution in [2.45, 2.75) is 6.54 Å². The molecule has 1 N–H and O–H groups in total. The molecule has 1 heterocycles. The van der Waals surface area contributed by atoms with Gasteiger partial charge in [-0.1, -0.05) is 18.2 Å². The fraction of sp³-hybridized carbons (Fsp3) is 0.364. The van der Waals surface area contributed by atoms with Gasteiger partial charge in [0.15, 0.2) is 0 Å². The predicted molar refractivity (Wildman–Crippen MR) is 56.6 cm³/mol. The molecule has 3 heteroatoms. The van der Waals surface area contributed by atoms with Gasteiger partial charge in [0.25, 0.3) is 0 Å². The Morgan fingerprint density at radius 2 is 2.29 bits per heavy atom. The van der Waals surface area contributed by atoms with Gasteiger partial charge < -0.3 is 10.1 Å². The first kappa shape index (κ1) is 9.21. The van der Waals surface area contributed by atoms with Crippen molar-refractivity contribution in [2.75, 3.05) is 20.2 Å². The Morgan fingerprint density at radius 3 is 3.00 bits per heavy atom. The van der Waals surface area contributed by atoms with Crippen LogP contribution in [-0.2, 0) is 11.3 Å². The molecule has 0 saturated carbocycles. The summed E-state index contributed by atoms with van der Waals surface area (Å²) in [5.41, 5.74) is 2.34. The largest absolute Gasteiger partial charge is 0.476 e. The Labute approximate surface area is 83.8 Å². The Balaban J connectivity index is 2.31. The summed E-state index contributed by atoms with van der Waals surface area (Å²) in [4.78, 5) is 4.32. The second-order valence-electron chi connectivity index (χ2n) is 3.22. The highest BCUT2D eigenvalue weighted by molar-refractivity contribution is 5.96. The second-order valence-corrected chi connectivity index (χ2v) is 3.22. The van der Waals surface area contributed by atoms with Crippen LogP contribution in [0.5, 0.6) is 0 Å². The highest BCUT2D eigenvalue weighted by Gasteiger charge is 2.12. The van der Waals surface area contributed by atoms with E-state index in [0.29, 0.717) is 6.61 Å². The van der Waals surface area contributed by atoms with Crippen LogP contribution < -0.4 is 5.32 Å². The maximum atomic E-state index is 5.45. The molecule has 0 bridgehead atoms. The van der Waals surface area contributed by atoms with Crippen molar-refractivity contribution in [3.8, 4) is 0 Å². The first-order valence-corrected chi connectivity index (χ1v) is 4.82. The minimum atomic E-state index is 0.712. The van der Waals surface area contributed by atoms with E-state index < -0.39 is 0 Å². The van der Waals surface area contributed by atoms with Crippen LogP contribution in [0.25, 0.3) is 0 Å². The third-order valence-electron chi connectivity index (χ3n) is 2.20. The van der Waals surface area contributed by atoms with Gasteiger partial charge in [0.2, 0.25) is 5.90 Å². The van der Waals surface area contributed by atoms with E-state index in [4.69, 9.17) is 4.74 Å². The molecule has 2 rings (SSSR count). The molecule has 0 saturated heterocycles. The van der Waals surface area contributed by atoms with Crippen molar-refractivity contribution >= 4 is 5.90 Å². The summed E-state index contributed by atoms with van der Waals surface area (Å²) in [7, 11) is 1.94. The van der Waals surface area contributed by atoms with Crippen molar-refractivity contribution in [1.29, 1.82) is 0 Å². The molecule has 0 spiro atoms. The summed E-state index contributed by atoms with van der Waals surface area (Å²) in [5, 5.41) is 3.14. The average molecular weight is 190 g/mol. The summed E-state index contributed by atoms with van der Waals surface area (Å²) < 4.78 is 5.45. The minimum Gasteiger partial charge on any atom is -0.476 e. The minimum absolute atomic E-state index is 0.712. The summed E-state index contributed by atoms with van der Waals surface area (Å²) in [6.45, 7) is 2.34.